The number of piperazine rings is 1. The van der Waals surface area contributed by atoms with Crippen LogP contribution in [0, 0.1) is 6.92 Å². The quantitative estimate of drug-likeness (QED) is 0.456. The number of para-hydroxylation sites is 2. The summed E-state index contributed by atoms with van der Waals surface area (Å²) in [6.07, 6.45) is 0. The number of anilines is 2. The Morgan fingerprint density at radius 2 is 1.56 bits per heavy atom. The minimum atomic E-state index is -3.60. The first-order chi connectivity index (χ1) is 16.4. The van der Waals surface area contributed by atoms with E-state index in [0.29, 0.717) is 5.69 Å². The lowest BCUT2D eigenvalue weighted by Crippen LogP contribution is -2.46. The topological polar surface area (TPSA) is 70.5 Å². The largest absolute Gasteiger partial charge is 0.369 e. The molecular weight excluding hydrogens is 446 g/mol. The number of hydrogen-bond acceptors (Lipinski definition) is 5. The van der Waals surface area contributed by atoms with Crippen LogP contribution in [0.1, 0.15) is 11.4 Å². The lowest BCUT2D eigenvalue weighted by Gasteiger charge is -2.36. The SMILES string of the molecule is Cc1ccc(S(=O)(=O)Nc2ccc(N3CCN(Cc4nc5ccccc5n4C)CC3)cc2)cc1. The third-order valence-corrected chi connectivity index (χ3v) is 7.83. The Labute approximate surface area is 200 Å². The highest BCUT2D eigenvalue weighted by Gasteiger charge is 2.20. The molecule has 0 atom stereocenters. The van der Waals surface area contributed by atoms with Gasteiger partial charge in [0.25, 0.3) is 10.0 Å². The maximum atomic E-state index is 12.6. The molecule has 7 nitrogen and oxygen atoms in total. The van der Waals surface area contributed by atoms with Crippen LogP contribution in [0.25, 0.3) is 11.0 Å². The second-order valence-corrected chi connectivity index (χ2v) is 10.5. The zero-order valence-electron chi connectivity index (χ0n) is 19.5. The van der Waals surface area contributed by atoms with Gasteiger partial charge in [-0.2, -0.15) is 0 Å². The van der Waals surface area contributed by atoms with Gasteiger partial charge < -0.3 is 9.47 Å². The van der Waals surface area contributed by atoms with Crippen LogP contribution >= 0.6 is 0 Å². The van der Waals surface area contributed by atoms with Crippen molar-refractivity contribution in [3.8, 4) is 0 Å². The number of fused-ring (bicyclic) bond motifs is 1. The molecule has 2 heterocycles. The average molecular weight is 476 g/mol. The van der Waals surface area contributed by atoms with Gasteiger partial charge in [0.15, 0.2) is 0 Å². The summed E-state index contributed by atoms with van der Waals surface area (Å²) in [5.41, 5.74) is 4.88. The molecule has 5 rings (SSSR count). The molecule has 4 aromatic rings. The lowest BCUT2D eigenvalue weighted by atomic mass is 10.2. The molecule has 0 spiro atoms. The van der Waals surface area contributed by atoms with Crippen LogP contribution < -0.4 is 9.62 Å². The number of benzene rings is 3. The number of nitrogens with zero attached hydrogens (tertiary/aromatic N) is 4. The van der Waals surface area contributed by atoms with E-state index in [1.165, 1.54) is 0 Å². The highest BCUT2D eigenvalue weighted by Crippen LogP contribution is 2.23. The fourth-order valence-electron chi connectivity index (χ4n) is 4.37. The van der Waals surface area contributed by atoms with Crippen LogP contribution in [0.3, 0.4) is 0 Å². The molecule has 0 radical (unpaired) electrons. The number of aromatic nitrogens is 2. The van der Waals surface area contributed by atoms with E-state index < -0.39 is 10.0 Å². The summed E-state index contributed by atoms with van der Waals surface area (Å²) >= 11 is 0. The fraction of sp³-hybridized carbons (Fsp3) is 0.269. The summed E-state index contributed by atoms with van der Waals surface area (Å²) in [5, 5.41) is 0. The molecule has 0 bridgehead atoms. The van der Waals surface area contributed by atoms with E-state index in [4.69, 9.17) is 4.98 Å². The normalized spacial score (nSPS) is 15.1. The number of imidazole rings is 1. The fourth-order valence-corrected chi connectivity index (χ4v) is 5.43. The summed E-state index contributed by atoms with van der Waals surface area (Å²) in [6.45, 7) is 6.49. The molecule has 1 aromatic heterocycles. The predicted octanol–water partition coefficient (Wildman–Crippen LogP) is 4.00. The number of rotatable bonds is 6. The van der Waals surface area contributed by atoms with Crippen molar-refractivity contribution in [1.29, 1.82) is 0 Å². The molecular formula is C26H29N5O2S. The van der Waals surface area contributed by atoms with Gasteiger partial charge in [-0.1, -0.05) is 29.8 Å². The van der Waals surface area contributed by atoms with E-state index in [-0.39, 0.29) is 4.90 Å². The first-order valence-corrected chi connectivity index (χ1v) is 12.9. The summed E-state index contributed by atoms with van der Waals surface area (Å²) in [4.78, 5) is 9.83. The van der Waals surface area contributed by atoms with Crippen LogP contribution in [0.4, 0.5) is 11.4 Å². The minimum Gasteiger partial charge on any atom is -0.369 e. The molecule has 34 heavy (non-hydrogen) atoms. The molecule has 0 unspecified atom stereocenters. The Morgan fingerprint density at radius 3 is 2.24 bits per heavy atom. The number of sulfonamides is 1. The maximum absolute atomic E-state index is 12.6. The smallest absolute Gasteiger partial charge is 0.261 e. The second kappa shape index (κ2) is 9.12. The predicted molar refractivity (Wildman–Crippen MR) is 137 cm³/mol. The van der Waals surface area contributed by atoms with Gasteiger partial charge in [-0.05, 0) is 55.5 Å². The molecule has 1 N–H and O–H groups in total. The van der Waals surface area contributed by atoms with Crippen molar-refractivity contribution < 1.29 is 8.42 Å². The number of hydrogen-bond donors (Lipinski definition) is 1. The first-order valence-electron chi connectivity index (χ1n) is 11.5. The van der Waals surface area contributed by atoms with Crippen molar-refractivity contribution in [3.63, 3.8) is 0 Å². The Balaban J connectivity index is 1.19. The highest BCUT2D eigenvalue weighted by atomic mass is 32.2. The molecule has 0 amide bonds. The maximum Gasteiger partial charge on any atom is 0.261 e. The van der Waals surface area contributed by atoms with E-state index >= 15 is 0 Å². The van der Waals surface area contributed by atoms with Gasteiger partial charge in [-0.15, -0.1) is 0 Å². The van der Waals surface area contributed by atoms with Crippen LogP contribution in [-0.4, -0.2) is 49.0 Å². The van der Waals surface area contributed by atoms with Crippen molar-refractivity contribution in [3.05, 3.63) is 84.2 Å². The standard InChI is InChI=1S/C26H29N5O2S/c1-20-7-13-23(14-8-20)34(32,33)28-21-9-11-22(12-10-21)31-17-15-30(16-18-31)19-26-27-24-5-3-4-6-25(24)29(26)2/h3-14,28H,15-19H2,1-2H3. The van der Waals surface area contributed by atoms with Crippen LogP contribution in [0.2, 0.25) is 0 Å². The van der Waals surface area contributed by atoms with E-state index in [9.17, 15) is 8.42 Å². The van der Waals surface area contributed by atoms with Crippen LogP contribution in [-0.2, 0) is 23.6 Å². The number of nitrogens with one attached hydrogen (secondary N) is 1. The van der Waals surface area contributed by atoms with Crippen molar-refractivity contribution in [2.45, 2.75) is 18.4 Å². The molecule has 1 fully saturated rings. The molecule has 8 heteroatoms. The van der Waals surface area contributed by atoms with Crippen molar-refractivity contribution in [2.24, 2.45) is 7.05 Å². The van der Waals surface area contributed by atoms with E-state index in [2.05, 4.69) is 38.3 Å². The Bertz CT molecular complexity index is 1390. The van der Waals surface area contributed by atoms with E-state index in [1.54, 1.807) is 24.3 Å². The Hall–Kier alpha value is -3.36. The molecule has 1 aliphatic heterocycles. The summed E-state index contributed by atoms with van der Waals surface area (Å²) in [7, 11) is -1.52. The monoisotopic (exact) mass is 475 g/mol. The van der Waals surface area contributed by atoms with Crippen molar-refractivity contribution in [1.82, 2.24) is 14.5 Å². The van der Waals surface area contributed by atoms with E-state index in [0.717, 1.165) is 60.8 Å². The molecule has 3 aromatic carbocycles. The first kappa shape index (κ1) is 22.4. The van der Waals surface area contributed by atoms with Gasteiger partial charge in [-0.3, -0.25) is 9.62 Å². The van der Waals surface area contributed by atoms with Crippen molar-refractivity contribution in [2.75, 3.05) is 35.8 Å². The average Bonchev–Trinajstić information content (AvgIpc) is 3.15. The summed E-state index contributed by atoms with van der Waals surface area (Å²) in [6, 6.07) is 22.7. The van der Waals surface area contributed by atoms with E-state index in [1.807, 2.05) is 43.3 Å². The van der Waals surface area contributed by atoms with Gasteiger partial charge >= 0.3 is 0 Å². The summed E-state index contributed by atoms with van der Waals surface area (Å²) in [5.74, 6) is 1.08. The zero-order valence-corrected chi connectivity index (χ0v) is 20.3. The lowest BCUT2D eigenvalue weighted by molar-refractivity contribution is 0.242. The van der Waals surface area contributed by atoms with Crippen molar-refractivity contribution >= 4 is 32.4 Å². The second-order valence-electron chi connectivity index (χ2n) is 8.80. The third kappa shape index (κ3) is 4.64. The molecule has 1 saturated heterocycles. The van der Waals surface area contributed by atoms with Gasteiger partial charge in [0.2, 0.25) is 0 Å². The van der Waals surface area contributed by atoms with Gasteiger partial charge in [-0.25, -0.2) is 13.4 Å². The third-order valence-electron chi connectivity index (χ3n) is 6.43. The Kier molecular flexibility index (Phi) is 6.02. The zero-order chi connectivity index (χ0) is 23.7. The van der Waals surface area contributed by atoms with Crippen LogP contribution in [0.5, 0.6) is 0 Å². The van der Waals surface area contributed by atoms with Crippen LogP contribution in [0.15, 0.2) is 77.7 Å². The molecule has 0 aliphatic carbocycles. The summed E-state index contributed by atoms with van der Waals surface area (Å²) < 4.78 is 30.1. The molecule has 0 saturated carbocycles. The van der Waals surface area contributed by atoms with Gasteiger partial charge in [0.05, 0.1) is 22.5 Å². The minimum absolute atomic E-state index is 0.263. The molecule has 176 valence electrons. The van der Waals surface area contributed by atoms with Gasteiger partial charge in [0.1, 0.15) is 5.82 Å². The van der Waals surface area contributed by atoms with Gasteiger partial charge in [0, 0.05) is 44.6 Å². The molecule has 1 aliphatic rings. The Morgan fingerprint density at radius 1 is 0.882 bits per heavy atom. The highest BCUT2D eigenvalue weighted by molar-refractivity contribution is 7.92. The number of aryl methyl sites for hydroxylation is 2.